The molecule has 8 heteroatoms. The number of urea groups is 1. The van der Waals surface area contributed by atoms with Gasteiger partial charge in [-0.05, 0) is 38.0 Å². The van der Waals surface area contributed by atoms with Gasteiger partial charge in [0, 0.05) is 62.0 Å². The lowest BCUT2D eigenvalue weighted by Crippen LogP contribution is -2.48. The third kappa shape index (κ3) is 4.76. The predicted molar refractivity (Wildman–Crippen MR) is 119 cm³/mol. The van der Waals surface area contributed by atoms with Crippen LogP contribution in [0.2, 0.25) is 0 Å². The molecule has 0 radical (unpaired) electrons. The Morgan fingerprint density at radius 3 is 2.42 bits per heavy atom. The summed E-state index contributed by atoms with van der Waals surface area (Å²) < 4.78 is 16.4. The second kappa shape index (κ2) is 9.80. The maximum Gasteiger partial charge on any atom is 0.339 e. The van der Waals surface area contributed by atoms with Crippen molar-refractivity contribution in [2.45, 2.75) is 20.3 Å². The minimum absolute atomic E-state index is 0.0497. The summed E-state index contributed by atoms with van der Waals surface area (Å²) in [4.78, 5) is 31.6. The summed E-state index contributed by atoms with van der Waals surface area (Å²) in [6.07, 6.45) is 0.655. The number of aryl methyl sites for hydroxylation is 1. The Labute approximate surface area is 182 Å². The normalized spacial score (nSPS) is 17.8. The molecule has 0 saturated carbocycles. The summed E-state index contributed by atoms with van der Waals surface area (Å²) in [7, 11) is 0. The van der Waals surface area contributed by atoms with Crippen molar-refractivity contribution in [1.82, 2.24) is 9.80 Å². The van der Waals surface area contributed by atoms with Crippen LogP contribution in [0.4, 0.5) is 10.5 Å². The van der Waals surface area contributed by atoms with Gasteiger partial charge >= 0.3 is 11.7 Å². The zero-order chi connectivity index (χ0) is 21.8. The lowest BCUT2D eigenvalue weighted by Gasteiger charge is -2.32. The smallest absolute Gasteiger partial charge is 0.339 e. The van der Waals surface area contributed by atoms with E-state index >= 15 is 0 Å². The van der Waals surface area contributed by atoms with Gasteiger partial charge in [0.2, 0.25) is 0 Å². The van der Waals surface area contributed by atoms with Crippen molar-refractivity contribution in [3.05, 3.63) is 39.7 Å². The predicted octanol–water partition coefficient (Wildman–Crippen LogP) is 2.25. The van der Waals surface area contributed by atoms with Crippen molar-refractivity contribution in [3.63, 3.8) is 0 Å². The third-order valence-corrected chi connectivity index (χ3v) is 6.19. The van der Waals surface area contributed by atoms with Crippen LogP contribution in [-0.2, 0) is 15.9 Å². The molecule has 8 nitrogen and oxygen atoms in total. The lowest BCUT2D eigenvalue weighted by molar-refractivity contribution is 0.0383. The van der Waals surface area contributed by atoms with Gasteiger partial charge in [-0.3, -0.25) is 9.80 Å². The van der Waals surface area contributed by atoms with Crippen molar-refractivity contribution in [2.75, 3.05) is 70.6 Å². The second-order valence-electron chi connectivity index (χ2n) is 8.00. The van der Waals surface area contributed by atoms with Crippen LogP contribution in [-0.4, -0.2) is 81.5 Å². The fraction of sp³-hybridized carbons (Fsp3) is 0.565. The SMILES string of the molecule is CCN(C(=O)N1CCOCC1)c1ccc2c(C)c(CCN3CCOCC3)c(=O)oc2c1. The number of hydrogen-bond acceptors (Lipinski definition) is 6. The Kier molecular flexibility index (Phi) is 6.89. The van der Waals surface area contributed by atoms with E-state index in [1.165, 1.54) is 0 Å². The largest absolute Gasteiger partial charge is 0.422 e. The Morgan fingerprint density at radius 2 is 1.74 bits per heavy atom. The van der Waals surface area contributed by atoms with Gasteiger partial charge in [0.25, 0.3) is 0 Å². The first-order chi connectivity index (χ1) is 15.1. The van der Waals surface area contributed by atoms with E-state index in [2.05, 4.69) is 4.90 Å². The van der Waals surface area contributed by atoms with E-state index in [0.717, 1.165) is 55.0 Å². The monoisotopic (exact) mass is 429 g/mol. The average Bonchev–Trinajstić information content (AvgIpc) is 2.80. The van der Waals surface area contributed by atoms with Crippen molar-refractivity contribution < 1.29 is 18.7 Å². The first-order valence-corrected chi connectivity index (χ1v) is 11.1. The molecule has 168 valence electrons. The average molecular weight is 430 g/mol. The number of carbonyl (C=O) groups excluding carboxylic acids is 1. The van der Waals surface area contributed by atoms with Crippen molar-refractivity contribution in [1.29, 1.82) is 0 Å². The zero-order valence-electron chi connectivity index (χ0n) is 18.4. The number of rotatable bonds is 5. The highest BCUT2D eigenvalue weighted by molar-refractivity contribution is 5.95. The van der Waals surface area contributed by atoms with Crippen molar-refractivity contribution in [2.24, 2.45) is 0 Å². The van der Waals surface area contributed by atoms with Crippen LogP contribution in [0.15, 0.2) is 27.4 Å². The van der Waals surface area contributed by atoms with E-state index in [0.29, 0.717) is 44.9 Å². The molecule has 0 atom stereocenters. The van der Waals surface area contributed by atoms with Crippen LogP contribution < -0.4 is 10.5 Å². The number of nitrogens with zero attached hydrogens (tertiary/aromatic N) is 3. The van der Waals surface area contributed by atoms with Gasteiger partial charge in [0.15, 0.2) is 0 Å². The topological polar surface area (TPSA) is 75.5 Å². The zero-order valence-corrected chi connectivity index (χ0v) is 18.4. The summed E-state index contributed by atoms with van der Waals surface area (Å²) in [5.41, 5.74) is 2.63. The van der Waals surface area contributed by atoms with Crippen LogP contribution in [0.5, 0.6) is 0 Å². The summed E-state index contributed by atoms with van der Waals surface area (Å²) >= 11 is 0. The molecule has 0 spiro atoms. The quantitative estimate of drug-likeness (QED) is 0.679. The first-order valence-electron chi connectivity index (χ1n) is 11.1. The first kappa shape index (κ1) is 21.8. The van der Waals surface area contributed by atoms with Crippen molar-refractivity contribution >= 4 is 22.7 Å². The van der Waals surface area contributed by atoms with Crippen LogP contribution in [0.25, 0.3) is 11.0 Å². The molecule has 2 amide bonds. The number of fused-ring (bicyclic) bond motifs is 1. The molecule has 0 N–H and O–H groups in total. The number of benzene rings is 1. The molecule has 2 saturated heterocycles. The molecule has 1 aromatic carbocycles. The molecule has 4 rings (SSSR count). The van der Waals surface area contributed by atoms with E-state index in [4.69, 9.17) is 13.9 Å². The van der Waals surface area contributed by atoms with Gasteiger partial charge < -0.3 is 18.8 Å². The molecule has 2 aliphatic heterocycles. The molecule has 2 fully saturated rings. The second-order valence-corrected chi connectivity index (χ2v) is 8.00. The number of morpholine rings is 2. The molecule has 2 aliphatic rings. The molecule has 31 heavy (non-hydrogen) atoms. The molecular weight excluding hydrogens is 398 g/mol. The van der Waals surface area contributed by atoms with Gasteiger partial charge in [-0.15, -0.1) is 0 Å². The van der Waals surface area contributed by atoms with Crippen LogP contribution in [0.3, 0.4) is 0 Å². The maximum atomic E-state index is 13.0. The number of amides is 2. The lowest BCUT2D eigenvalue weighted by atomic mass is 10.0. The van der Waals surface area contributed by atoms with Crippen LogP contribution in [0, 0.1) is 6.92 Å². The Morgan fingerprint density at radius 1 is 1.06 bits per heavy atom. The fourth-order valence-corrected chi connectivity index (χ4v) is 4.29. The van der Waals surface area contributed by atoms with Crippen molar-refractivity contribution in [3.8, 4) is 0 Å². The highest BCUT2D eigenvalue weighted by atomic mass is 16.5. The van der Waals surface area contributed by atoms with E-state index in [1.807, 2.05) is 26.0 Å². The van der Waals surface area contributed by atoms with Gasteiger partial charge in [0.05, 0.1) is 26.4 Å². The maximum absolute atomic E-state index is 13.0. The Hall–Kier alpha value is -2.42. The molecule has 0 unspecified atom stereocenters. The number of hydrogen-bond donors (Lipinski definition) is 0. The van der Waals surface area contributed by atoms with E-state index < -0.39 is 0 Å². The van der Waals surface area contributed by atoms with Gasteiger partial charge in [-0.2, -0.15) is 0 Å². The number of ether oxygens (including phenoxy) is 2. The van der Waals surface area contributed by atoms with Gasteiger partial charge in [-0.1, -0.05) is 0 Å². The van der Waals surface area contributed by atoms with E-state index in [9.17, 15) is 9.59 Å². The van der Waals surface area contributed by atoms with E-state index in [1.54, 1.807) is 15.9 Å². The molecule has 0 aliphatic carbocycles. The molecular formula is C23H31N3O5. The molecule has 0 bridgehead atoms. The molecule has 1 aromatic heterocycles. The van der Waals surface area contributed by atoms with Gasteiger partial charge in [0.1, 0.15) is 5.58 Å². The van der Waals surface area contributed by atoms with Gasteiger partial charge in [-0.25, -0.2) is 9.59 Å². The summed E-state index contributed by atoms with van der Waals surface area (Å²) in [5, 5.41) is 0.912. The standard InChI is InChI=1S/C23H31N3O5/c1-3-26(23(28)25-10-14-30-15-11-25)18-4-5-19-17(2)20(22(27)31-21(19)16-18)6-7-24-8-12-29-13-9-24/h4-5,16H,3,6-15H2,1-2H3. The van der Waals surface area contributed by atoms with E-state index in [-0.39, 0.29) is 11.7 Å². The number of anilines is 1. The highest BCUT2D eigenvalue weighted by Gasteiger charge is 2.24. The van der Waals surface area contributed by atoms with Crippen LogP contribution in [0.1, 0.15) is 18.1 Å². The fourth-order valence-electron chi connectivity index (χ4n) is 4.29. The summed E-state index contributed by atoms with van der Waals surface area (Å²) in [6.45, 7) is 10.8. The molecule has 3 heterocycles. The summed E-state index contributed by atoms with van der Waals surface area (Å²) in [6, 6.07) is 5.64. The Balaban J connectivity index is 1.57. The minimum atomic E-state index is -0.294. The van der Waals surface area contributed by atoms with Crippen LogP contribution >= 0.6 is 0 Å². The Bertz CT molecular complexity index is 977. The minimum Gasteiger partial charge on any atom is -0.422 e. The molecule has 2 aromatic rings. The highest BCUT2D eigenvalue weighted by Crippen LogP contribution is 2.26. The summed E-state index contributed by atoms with van der Waals surface area (Å²) in [5.74, 6) is 0. The number of carbonyl (C=O) groups is 1. The third-order valence-electron chi connectivity index (χ3n) is 6.19.